The number of hydrogen-bond donors (Lipinski definition) is 1. The summed E-state index contributed by atoms with van der Waals surface area (Å²) in [6, 6.07) is 0.609. The zero-order valence-electron chi connectivity index (χ0n) is 11.2. The molecule has 0 radical (unpaired) electrons. The fraction of sp³-hybridized carbons (Fsp3) is 0.786. The van der Waals surface area contributed by atoms with E-state index in [1.54, 1.807) is 11.3 Å². The maximum Gasteiger partial charge on any atom is 0.107 e. The molecular formula is C14H23N3S. The molecule has 2 heterocycles. The normalized spacial score (nSPS) is 28.6. The summed E-state index contributed by atoms with van der Waals surface area (Å²) in [6.07, 6.45) is 8.85. The van der Waals surface area contributed by atoms with Crippen LogP contribution in [0.4, 0.5) is 0 Å². The van der Waals surface area contributed by atoms with E-state index in [9.17, 15) is 0 Å². The highest BCUT2D eigenvalue weighted by atomic mass is 32.1. The molecule has 4 heteroatoms. The summed E-state index contributed by atoms with van der Waals surface area (Å²) in [7, 11) is 0. The highest BCUT2D eigenvalue weighted by Crippen LogP contribution is 2.36. The molecule has 1 unspecified atom stereocenters. The van der Waals surface area contributed by atoms with Crippen LogP contribution < -0.4 is 5.32 Å². The van der Waals surface area contributed by atoms with Crippen LogP contribution in [0, 0.1) is 0 Å². The Balaban J connectivity index is 1.77. The first kappa shape index (κ1) is 12.6. The van der Waals surface area contributed by atoms with E-state index in [0.717, 1.165) is 6.54 Å². The summed E-state index contributed by atoms with van der Waals surface area (Å²) in [4.78, 5) is 7.18. The molecule has 1 aromatic heterocycles. The largest absolute Gasteiger partial charge is 0.311 e. The first-order chi connectivity index (χ1) is 8.78. The maximum absolute atomic E-state index is 4.47. The molecule has 1 N–H and O–H groups in total. The van der Waals surface area contributed by atoms with Gasteiger partial charge in [0.1, 0.15) is 5.01 Å². The van der Waals surface area contributed by atoms with Gasteiger partial charge in [-0.05, 0) is 19.8 Å². The molecule has 0 bridgehead atoms. The van der Waals surface area contributed by atoms with Crippen LogP contribution in [-0.2, 0) is 6.54 Å². The number of aromatic nitrogens is 1. The van der Waals surface area contributed by atoms with Gasteiger partial charge in [-0.15, -0.1) is 11.3 Å². The summed E-state index contributed by atoms with van der Waals surface area (Å²) in [5, 5.41) is 7.06. The van der Waals surface area contributed by atoms with Crippen LogP contribution in [0.15, 0.2) is 11.6 Å². The molecule has 1 aliphatic heterocycles. The lowest BCUT2D eigenvalue weighted by atomic mass is 9.78. The van der Waals surface area contributed by atoms with Crippen LogP contribution in [0.25, 0.3) is 0 Å². The standard InChI is InChI=1S/C14H23N3S/c1-12-9-17(10-13-15-7-8-18-13)14(11-16-12)5-3-2-4-6-14/h7-8,12,16H,2-6,9-11H2,1H3. The molecule has 0 amide bonds. The average Bonchev–Trinajstić information content (AvgIpc) is 2.89. The van der Waals surface area contributed by atoms with Crippen molar-refractivity contribution in [1.82, 2.24) is 15.2 Å². The Morgan fingerprint density at radius 2 is 2.28 bits per heavy atom. The van der Waals surface area contributed by atoms with Crippen LogP contribution in [0.2, 0.25) is 0 Å². The quantitative estimate of drug-likeness (QED) is 0.891. The molecular weight excluding hydrogens is 242 g/mol. The number of nitrogens with zero attached hydrogens (tertiary/aromatic N) is 2. The highest BCUT2D eigenvalue weighted by Gasteiger charge is 2.41. The highest BCUT2D eigenvalue weighted by molar-refractivity contribution is 7.09. The van der Waals surface area contributed by atoms with Gasteiger partial charge in [-0.1, -0.05) is 19.3 Å². The molecule has 1 saturated heterocycles. The van der Waals surface area contributed by atoms with Crippen molar-refractivity contribution in [2.24, 2.45) is 0 Å². The molecule has 3 nitrogen and oxygen atoms in total. The number of piperazine rings is 1. The Kier molecular flexibility index (Phi) is 3.68. The lowest BCUT2D eigenvalue weighted by Gasteiger charge is -2.51. The van der Waals surface area contributed by atoms with Gasteiger partial charge in [0.15, 0.2) is 0 Å². The molecule has 1 aliphatic carbocycles. The van der Waals surface area contributed by atoms with Gasteiger partial charge in [-0.25, -0.2) is 4.98 Å². The van der Waals surface area contributed by atoms with E-state index in [4.69, 9.17) is 0 Å². The van der Waals surface area contributed by atoms with Crippen molar-refractivity contribution in [2.45, 2.75) is 57.2 Å². The number of thiazole rings is 1. The number of hydrogen-bond acceptors (Lipinski definition) is 4. The lowest BCUT2D eigenvalue weighted by molar-refractivity contribution is 0.00613. The van der Waals surface area contributed by atoms with Gasteiger partial charge in [-0.2, -0.15) is 0 Å². The van der Waals surface area contributed by atoms with Gasteiger partial charge >= 0.3 is 0 Å². The maximum atomic E-state index is 4.47. The molecule has 0 aromatic carbocycles. The van der Waals surface area contributed by atoms with E-state index in [0.29, 0.717) is 11.6 Å². The van der Waals surface area contributed by atoms with Gasteiger partial charge in [-0.3, -0.25) is 4.90 Å². The summed E-state index contributed by atoms with van der Waals surface area (Å²) in [5.41, 5.74) is 0.413. The third-order valence-electron chi connectivity index (χ3n) is 4.54. The Morgan fingerprint density at radius 3 is 3.00 bits per heavy atom. The second-order valence-corrected chi connectivity index (χ2v) is 6.85. The molecule has 1 saturated carbocycles. The summed E-state index contributed by atoms with van der Waals surface area (Å²) < 4.78 is 0. The van der Waals surface area contributed by atoms with Gasteiger partial charge in [0.05, 0.1) is 6.54 Å². The molecule has 1 spiro atoms. The van der Waals surface area contributed by atoms with Crippen molar-refractivity contribution < 1.29 is 0 Å². The van der Waals surface area contributed by atoms with Crippen LogP contribution in [0.1, 0.15) is 44.0 Å². The third-order valence-corrected chi connectivity index (χ3v) is 5.30. The summed E-state index contributed by atoms with van der Waals surface area (Å²) in [6.45, 7) is 5.67. The van der Waals surface area contributed by atoms with Crippen molar-refractivity contribution in [2.75, 3.05) is 13.1 Å². The lowest BCUT2D eigenvalue weighted by Crippen LogP contribution is -2.64. The van der Waals surface area contributed by atoms with Crippen molar-refractivity contribution in [3.05, 3.63) is 16.6 Å². The molecule has 18 heavy (non-hydrogen) atoms. The van der Waals surface area contributed by atoms with Crippen LogP contribution in [-0.4, -0.2) is 34.6 Å². The first-order valence-electron chi connectivity index (χ1n) is 7.15. The predicted octanol–water partition coefficient (Wildman–Crippen LogP) is 2.64. The van der Waals surface area contributed by atoms with E-state index in [1.807, 2.05) is 6.20 Å². The zero-order chi connectivity index (χ0) is 12.4. The number of rotatable bonds is 2. The Labute approximate surface area is 114 Å². The second-order valence-electron chi connectivity index (χ2n) is 5.87. The van der Waals surface area contributed by atoms with Crippen LogP contribution in [0.3, 0.4) is 0 Å². The Hall–Kier alpha value is -0.450. The van der Waals surface area contributed by atoms with Crippen molar-refractivity contribution in [3.63, 3.8) is 0 Å². The first-order valence-corrected chi connectivity index (χ1v) is 8.03. The average molecular weight is 265 g/mol. The minimum atomic E-state index is 0.413. The van der Waals surface area contributed by atoms with Gasteiger partial charge in [0.2, 0.25) is 0 Å². The molecule has 3 rings (SSSR count). The predicted molar refractivity (Wildman–Crippen MR) is 75.8 cm³/mol. The minimum absolute atomic E-state index is 0.413. The summed E-state index contributed by atoms with van der Waals surface area (Å²) in [5.74, 6) is 0. The van der Waals surface area contributed by atoms with Gasteiger partial charge in [0, 0.05) is 36.2 Å². The van der Waals surface area contributed by atoms with Gasteiger partial charge in [0.25, 0.3) is 0 Å². The third kappa shape index (κ3) is 2.46. The van der Waals surface area contributed by atoms with E-state index >= 15 is 0 Å². The minimum Gasteiger partial charge on any atom is -0.311 e. The summed E-state index contributed by atoms with van der Waals surface area (Å²) >= 11 is 1.79. The van der Waals surface area contributed by atoms with Crippen LogP contribution in [0.5, 0.6) is 0 Å². The van der Waals surface area contributed by atoms with Gasteiger partial charge < -0.3 is 5.32 Å². The molecule has 100 valence electrons. The van der Waals surface area contributed by atoms with Crippen molar-refractivity contribution in [3.8, 4) is 0 Å². The molecule has 1 atom stereocenters. The number of nitrogens with one attached hydrogen (secondary N) is 1. The Bertz CT molecular complexity index is 370. The molecule has 2 fully saturated rings. The van der Waals surface area contributed by atoms with E-state index in [1.165, 1.54) is 50.2 Å². The van der Waals surface area contributed by atoms with E-state index in [-0.39, 0.29) is 0 Å². The SMILES string of the molecule is CC1CN(Cc2nccs2)C2(CCCCC2)CN1. The smallest absolute Gasteiger partial charge is 0.107 e. The van der Waals surface area contributed by atoms with E-state index in [2.05, 4.69) is 27.5 Å². The second kappa shape index (κ2) is 5.27. The monoisotopic (exact) mass is 265 g/mol. The van der Waals surface area contributed by atoms with Crippen molar-refractivity contribution in [1.29, 1.82) is 0 Å². The van der Waals surface area contributed by atoms with Crippen LogP contribution >= 0.6 is 11.3 Å². The Morgan fingerprint density at radius 1 is 1.44 bits per heavy atom. The van der Waals surface area contributed by atoms with E-state index < -0.39 is 0 Å². The fourth-order valence-electron chi connectivity index (χ4n) is 3.49. The van der Waals surface area contributed by atoms with Crippen molar-refractivity contribution >= 4 is 11.3 Å². The fourth-order valence-corrected chi connectivity index (χ4v) is 4.13. The molecule has 2 aliphatic rings. The zero-order valence-corrected chi connectivity index (χ0v) is 12.0. The molecule has 1 aromatic rings. The topological polar surface area (TPSA) is 28.2 Å².